The Morgan fingerprint density at radius 2 is 2.09 bits per heavy atom. The summed E-state index contributed by atoms with van der Waals surface area (Å²) in [5.74, 6) is 0.273. The van der Waals surface area contributed by atoms with Gasteiger partial charge in [-0.25, -0.2) is 4.98 Å². The normalized spacial score (nSPS) is 11.4. The first-order valence-corrected chi connectivity index (χ1v) is 6.78. The minimum absolute atomic E-state index is 0.0603. The van der Waals surface area contributed by atoms with Crippen LogP contribution in [0.15, 0.2) is 46.8 Å². The second-order valence-corrected chi connectivity index (χ2v) is 5.04. The van der Waals surface area contributed by atoms with Crippen LogP contribution in [0.2, 0.25) is 0 Å². The first-order valence-electron chi connectivity index (χ1n) is 6.78. The van der Waals surface area contributed by atoms with Gasteiger partial charge < -0.3 is 9.67 Å². The van der Waals surface area contributed by atoms with Crippen LogP contribution in [0.5, 0.6) is 5.88 Å². The Hall–Kier alpha value is -3.29. The number of nitrogens with zero attached hydrogens (tertiary/aromatic N) is 5. The SMILES string of the molecule is Cc1cc([N+](=O)[O-])cc2c(N=Nc3ccccn3)c(O)n(C)c12. The van der Waals surface area contributed by atoms with Gasteiger partial charge in [-0.15, -0.1) is 10.2 Å². The molecular weight excluding hydrogens is 298 g/mol. The third kappa shape index (κ3) is 2.50. The summed E-state index contributed by atoms with van der Waals surface area (Å²) in [7, 11) is 1.66. The lowest BCUT2D eigenvalue weighted by molar-refractivity contribution is -0.384. The van der Waals surface area contributed by atoms with Crippen molar-refractivity contribution in [3.63, 3.8) is 0 Å². The number of nitro benzene ring substituents is 1. The Labute approximate surface area is 130 Å². The molecule has 0 spiro atoms. The van der Waals surface area contributed by atoms with E-state index in [2.05, 4.69) is 15.2 Å². The van der Waals surface area contributed by atoms with Crippen molar-refractivity contribution < 1.29 is 10.0 Å². The fraction of sp³-hybridized carbons (Fsp3) is 0.133. The van der Waals surface area contributed by atoms with E-state index in [1.54, 1.807) is 38.4 Å². The van der Waals surface area contributed by atoms with E-state index in [0.29, 0.717) is 22.3 Å². The molecule has 1 N–H and O–H groups in total. The van der Waals surface area contributed by atoms with Gasteiger partial charge >= 0.3 is 0 Å². The molecule has 23 heavy (non-hydrogen) atoms. The topological polar surface area (TPSA) is 106 Å². The highest BCUT2D eigenvalue weighted by atomic mass is 16.6. The zero-order valence-corrected chi connectivity index (χ0v) is 12.5. The zero-order chi connectivity index (χ0) is 16.6. The van der Waals surface area contributed by atoms with Crippen LogP contribution < -0.4 is 0 Å². The number of benzene rings is 1. The number of aromatic hydroxyl groups is 1. The second kappa shape index (κ2) is 5.48. The van der Waals surface area contributed by atoms with Crippen LogP contribution in [0.25, 0.3) is 10.9 Å². The summed E-state index contributed by atoms with van der Waals surface area (Å²) in [4.78, 5) is 14.6. The van der Waals surface area contributed by atoms with E-state index in [4.69, 9.17) is 0 Å². The average molecular weight is 311 g/mol. The number of nitro groups is 1. The Morgan fingerprint density at radius 3 is 2.74 bits per heavy atom. The average Bonchev–Trinajstić information content (AvgIpc) is 2.78. The Balaban J connectivity index is 2.22. The summed E-state index contributed by atoms with van der Waals surface area (Å²) < 4.78 is 1.53. The number of pyridine rings is 1. The summed E-state index contributed by atoms with van der Waals surface area (Å²) in [6, 6.07) is 8.02. The molecule has 0 amide bonds. The molecule has 116 valence electrons. The highest BCUT2D eigenvalue weighted by Gasteiger charge is 2.20. The third-order valence-corrected chi connectivity index (χ3v) is 3.52. The lowest BCUT2D eigenvalue weighted by Gasteiger charge is -2.01. The molecule has 0 saturated heterocycles. The quantitative estimate of drug-likeness (QED) is 0.449. The zero-order valence-electron chi connectivity index (χ0n) is 12.5. The van der Waals surface area contributed by atoms with Gasteiger partial charge in [0, 0.05) is 30.8 Å². The predicted molar refractivity (Wildman–Crippen MR) is 84.4 cm³/mol. The lowest BCUT2D eigenvalue weighted by Crippen LogP contribution is -1.92. The van der Waals surface area contributed by atoms with Crippen LogP contribution in [-0.4, -0.2) is 19.6 Å². The molecule has 0 aliphatic rings. The molecule has 1 aromatic carbocycles. The minimum Gasteiger partial charge on any atom is -0.493 e. The fourth-order valence-corrected chi connectivity index (χ4v) is 2.49. The highest BCUT2D eigenvalue weighted by molar-refractivity contribution is 5.98. The van der Waals surface area contributed by atoms with Crippen molar-refractivity contribution in [2.75, 3.05) is 0 Å². The first-order chi connectivity index (χ1) is 11.0. The van der Waals surface area contributed by atoms with Crippen molar-refractivity contribution in [1.29, 1.82) is 0 Å². The first kappa shape index (κ1) is 14.6. The van der Waals surface area contributed by atoms with E-state index in [9.17, 15) is 15.2 Å². The van der Waals surface area contributed by atoms with E-state index < -0.39 is 4.92 Å². The monoisotopic (exact) mass is 311 g/mol. The van der Waals surface area contributed by atoms with Crippen LogP contribution >= 0.6 is 0 Å². The number of hydrogen-bond donors (Lipinski definition) is 1. The summed E-state index contributed by atoms with van der Waals surface area (Å²) in [6.07, 6.45) is 1.58. The van der Waals surface area contributed by atoms with E-state index in [1.807, 2.05) is 0 Å². The molecule has 3 aromatic rings. The van der Waals surface area contributed by atoms with E-state index in [-0.39, 0.29) is 17.3 Å². The summed E-state index contributed by atoms with van der Waals surface area (Å²) in [6.45, 7) is 1.74. The van der Waals surface area contributed by atoms with Crippen molar-refractivity contribution in [3.8, 4) is 5.88 Å². The smallest absolute Gasteiger partial charge is 0.270 e. The Kier molecular flexibility index (Phi) is 3.49. The summed E-state index contributed by atoms with van der Waals surface area (Å²) in [5.41, 5.74) is 1.46. The maximum atomic E-state index is 11.1. The van der Waals surface area contributed by atoms with E-state index in [1.165, 1.54) is 16.7 Å². The maximum absolute atomic E-state index is 11.1. The van der Waals surface area contributed by atoms with Crippen LogP contribution in [0, 0.1) is 17.0 Å². The van der Waals surface area contributed by atoms with Crippen LogP contribution in [0.3, 0.4) is 0 Å². The van der Waals surface area contributed by atoms with Gasteiger partial charge in [-0.2, -0.15) is 0 Å². The van der Waals surface area contributed by atoms with Crippen molar-refractivity contribution in [3.05, 3.63) is 52.2 Å². The molecule has 0 radical (unpaired) electrons. The Morgan fingerprint density at radius 1 is 1.30 bits per heavy atom. The van der Waals surface area contributed by atoms with Gasteiger partial charge in [-0.05, 0) is 24.6 Å². The number of hydrogen-bond acceptors (Lipinski definition) is 6. The van der Waals surface area contributed by atoms with Crippen molar-refractivity contribution in [1.82, 2.24) is 9.55 Å². The summed E-state index contributed by atoms with van der Waals surface area (Å²) >= 11 is 0. The molecular formula is C15H13N5O3. The number of aromatic nitrogens is 2. The largest absolute Gasteiger partial charge is 0.493 e. The molecule has 0 aliphatic carbocycles. The van der Waals surface area contributed by atoms with Gasteiger partial charge in [-0.1, -0.05) is 6.07 Å². The molecule has 8 heteroatoms. The molecule has 0 aliphatic heterocycles. The molecule has 0 saturated carbocycles. The molecule has 2 aromatic heterocycles. The van der Waals surface area contributed by atoms with Gasteiger partial charge in [0.25, 0.3) is 5.69 Å². The molecule has 8 nitrogen and oxygen atoms in total. The Bertz CT molecular complexity index is 931. The molecule has 0 bridgehead atoms. The number of non-ortho nitro benzene ring substituents is 1. The fourth-order valence-electron chi connectivity index (χ4n) is 2.49. The van der Waals surface area contributed by atoms with Crippen LogP contribution in [0.4, 0.5) is 17.2 Å². The molecule has 2 heterocycles. The second-order valence-electron chi connectivity index (χ2n) is 5.04. The van der Waals surface area contributed by atoms with Crippen molar-refractivity contribution >= 4 is 28.1 Å². The van der Waals surface area contributed by atoms with E-state index in [0.717, 1.165) is 0 Å². The van der Waals surface area contributed by atoms with Gasteiger partial charge in [0.2, 0.25) is 5.88 Å². The lowest BCUT2D eigenvalue weighted by atomic mass is 10.1. The molecule has 0 fully saturated rings. The highest BCUT2D eigenvalue weighted by Crippen LogP contribution is 2.41. The number of fused-ring (bicyclic) bond motifs is 1. The minimum atomic E-state index is -0.476. The van der Waals surface area contributed by atoms with Gasteiger partial charge in [0.1, 0.15) is 0 Å². The standard InChI is InChI=1S/C15H13N5O3/c1-9-7-10(20(22)23)8-11-13(15(21)19(2)14(9)11)18-17-12-5-3-4-6-16-12/h3-8,21H,1-2H3. The van der Waals surface area contributed by atoms with Crippen LogP contribution in [-0.2, 0) is 7.05 Å². The number of rotatable bonds is 3. The van der Waals surface area contributed by atoms with Crippen molar-refractivity contribution in [2.24, 2.45) is 17.3 Å². The summed E-state index contributed by atoms with van der Waals surface area (Å²) in [5, 5.41) is 29.8. The van der Waals surface area contributed by atoms with Crippen LogP contribution in [0.1, 0.15) is 5.56 Å². The van der Waals surface area contributed by atoms with Gasteiger partial charge in [0.05, 0.1) is 10.4 Å². The predicted octanol–water partition coefficient (Wildman–Crippen LogP) is 3.91. The molecule has 0 unspecified atom stereocenters. The number of aryl methyl sites for hydroxylation is 2. The van der Waals surface area contributed by atoms with Gasteiger partial charge in [0.15, 0.2) is 11.5 Å². The molecule has 0 atom stereocenters. The number of azo groups is 1. The van der Waals surface area contributed by atoms with E-state index >= 15 is 0 Å². The van der Waals surface area contributed by atoms with Crippen molar-refractivity contribution in [2.45, 2.75) is 6.92 Å². The molecule has 3 rings (SSSR count). The van der Waals surface area contributed by atoms with Gasteiger partial charge in [-0.3, -0.25) is 10.1 Å². The third-order valence-electron chi connectivity index (χ3n) is 3.52. The maximum Gasteiger partial charge on any atom is 0.270 e.